The average molecular weight is 306 g/mol. The minimum Gasteiger partial charge on any atom is -0.332 e. The molecule has 3 aromatic rings. The first kappa shape index (κ1) is 13.1. The fourth-order valence-electron chi connectivity index (χ4n) is 2.21. The first-order chi connectivity index (χ1) is 10.7. The Kier molecular flexibility index (Phi) is 2.98. The monoisotopic (exact) mass is 306 g/mol. The molecular weight excluding hydrogens is 294 g/mol. The van der Waals surface area contributed by atoms with Gasteiger partial charge in [-0.25, -0.2) is 8.78 Å². The van der Waals surface area contributed by atoms with Gasteiger partial charge in [-0.3, -0.25) is 9.78 Å². The Bertz CT molecular complexity index is 788. The van der Waals surface area contributed by atoms with E-state index in [-0.39, 0.29) is 5.89 Å². The Hall–Kier alpha value is -2.58. The van der Waals surface area contributed by atoms with Crippen LogP contribution in [-0.2, 0) is 6.54 Å². The van der Waals surface area contributed by atoms with Crippen molar-refractivity contribution < 1.29 is 13.3 Å². The maximum atomic E-state index is 12.3. The molecule has 0 aromatic carbocycles. The van der Waals surface area contributed by atoms with Crippen molar-refractivity contribution in [1.82, 2.24) is 30.1 Å². The third kappa shape index (κ3) is 2.49. The van der Waals surface area contributed by atoms with E-state index >= 15 is 0 Å². The topological polar surface area (TPSA) is 85.4 Å². The van der Waals surface area contributed by atoms with Gasteiger partial charge in [-0.1, -0.05) is 5.16 Å². The van der Waals surface area contributed by atoms with Crippen molar-refractivity contribution in [1.29, 1.82) is 0 Å². The molecule has 4 rings (SSSR count). The number of aromatic amines is 1. The van der Waals surface area contributed by atoms with Crippen LogP contribution in [0.5, 0.6) is 0 Å². The van der Waals surface area contributed by atoms with E-state index in [0.717, 1.165) is 10.4 Å². The normalized spacial score (nSPS) is 14.9. The first-order valence-corrected chi connectivity index (χ1v) is 6.90. The molecule has 0 bridgehead atoms. The lowest BCUT2D eigenvalue weighted by atomic mass is 10.2. The molecule has 7 nitrogen and oxygen atoms in total. The van der Waals surface area contributed by atoms with Crippen molar-refractivity contribution in [2.45, 2.75) is 31.7 Å². The van der Waals surface area contributed by atoms with Gasteiger partial charge in [-0.15, -0.1) is 0 Å². The zero-order chi connectivity index (χ0) is 15.1. The molecule has 0 atom stereocenters. The first-order valence-electron chi connectivity index (χ1n) is 6.90. The third-order valence-corrected chi connectivity index (χ3v) is 3.45. The summed E-state index contributed by atoms with van der Waals surface area (Å²) in [6, 6.07) is 3.46. The summed E-state index contributed by atoms with van der Waals surface area (Å²) in [5, 5.41) is 15.0. The highest BCUT2D eigenvalue weighted by molar-refractivity contribution is 5.54. The van der Waals surface area contributed by atoms with E-state index in [1.54, 1.807) is 6.07 Å². The summed E-state index contributed by atoms with van der Waals surface area (Å²) in [5.41, 5.74) is 2.03. The van der Waals surface area contributed by atoms with Crippen molar-refractivity contribution in [2.24, 2.45) is 0 Å². The third-order valence-electron chi connectivity index (χ3n) is 3.45. The Morgan fingerprint density at radius 1 is 1.36 bits per heavy atom. The molecule has 1 saturated carbocycles. The van der Waals surface area contributed by atoms with Crippen LogP contribution in [0.25, 0.3) is 23.1 Å². The van der Waals surface area contributed by atoms with Gasteiger partial charge < -0.3 is 4.52 Å². The van der Waals surface area contributed by atoms with Gasteiger partial charge in [-0.2, -0.15) is 15.2 Å². The van der Waals surface area contributed by atoms with E-state index < -0.39 is 13.0 Å². The fraction of sp³-hybridized carbons (Fsp3) is 0.385. The summed E-state index contributed by atoms with van der Waals surface area (Å²) in [6.07, 6.45) is 1.32. The number of nitrogens with one attached hydrogen (secondary N) is 1. The van der Waals surface area contributed by atoms with Gasteiger partial charge in [0.15, 0.2) is 5.69 Å². The molecule has 0 spiro atoms. The van der Waals surface area contributed by atoms with E-state index in [2.05, 4.69) is 25.4 Å². The van der Waals surface area contributed by atoms with Crippen molar-refractivity contribution in [3.63, 3.8) is 0 Å². The average Bonchev–Trinajstić information content (AvgIpc) is 2.95. The lowest BCUT2D eigenvalue weighted by Gasteiger charge is -1.97. The zero-order valence-corrected chi connectivity index (χ0v) is 11.4. The molecular formula is C13H12F2N6O. The second-order valence-corrected chi connectivity index (χ2v) is 5.22. The van der Waals surface area contributed by atoms with Crippen LogP contribution in [0, 0.1) is 0 Å². The van der Waals surface area contributed by atoms with Crippen molar-refractivity contribution >= 4 is 0 Å². The van der Waals surface area contributed by atoms with Crippen LogP contribution in [0.3, 0.4) is 0 Å². The van der Waals surface area contributed by atoms with E-state index in [4.69, 9.17) is 4.52 Å². The van der Waals surface area contributed by atoms with Gasteiger partial charge >= 0.3 is 0 Å². The second-order valence-electron chi connectivity index (χ2n) is 5.22. The van der Waals surface area contributed by atoms with Crippen molar-refractivity contribution in [2.75, 3.05) is 0 Å². The molecule has 3 aromatic heterocycles. The molecule has 114 valence electrons. The highest BCUT2D eigenvalue weighted by Gasteiger charge is 2.26. The van der Waals surface area contributed by atoms with Gasteiger partial charge in [0, 0.05) is 17.8 Å². The van der Waals surface area contributed by atoms with Crippen LogP contribution in [0.1, 0.15) is 24.5 Å². The summed E-state index contributed by atoms with van der Waals surface area (Å²) in [6.45, 7) is -0.467. The second kappa shape index (κ2) is 5.00. The molecule has 1 aliphatic rings. The summed E-state index contributed by atoms with van der Waals surface area (Å²) in [5.74, 6) is 1.08. The minimum absolute atomic E-state index is 0.180. The predicted octanol–water partition coefficient (Wildman–Crippen LogP) is 2.47. The Morgan fingerprint density at radius 3 is 3.00 bits per heavy atom. The summed E-state index contributed by atoms with van der Waals surface area (Å²) in [4.78, 5) is 4.21. The van der Waals surface area contributed by atoms with E-state index in [1.807, 2.05) is 6.07 Å². The van der Waals surface area contributed by atoms with Gasteiger partial charge in [0.1, 0.15) is 12.2 Å². The van der Waals surface area contributed by atoms with Crippen LogP contribution in [-0.4, -0.2) is 36.5 Å². The molecule has 0 unspecified atom stereocenters. The van der Waals surface area contributed by atoms with Gasteiger partial charge in [0.05, 0.1) is 0 Å². The highest BCUT2D eigenvalue weighted by atomic mass is 19.3. The quantitative estimate of drug-likeness (QED) is 0.782. The van der Waals surface area contributed by atoms with Crippen molar-refractivity contribution in [3.05, 3.63) is 24.0 Å². The predicted molar refractivity (Wildman–Crippen MR) is 71.1 cm³/mol. The number of hydrogen-bond donors (Lipinski definition) is 1. The molecule has 1 fully saturated rings. The largest absolute Gasteiger partial charge is 0.332 e. The van der Waals surface area contributed by atoms with Crippen LogP contribution in [0.15, 0.2) is 22.9 Å². The lowest BCUT2D eigenvalue weighted by Crippen LogP contribution is -2.06. The summed E-state index contributed by atoms with van der Waals surface area (Å²) >= 11 is 0. The van der Waals surface area contributed by atoms with E-state index in [9.17, 15) is 8.78 Å². The van der Waals surface area contributed by atoms with Crippen LogP contribution in [0.4, 0.5) is 8.78 Å². The molecule has 0 saturated heterocycles. The number of hydrogen-bond acceptors (Lipinski definition) is 5. The number of halogens is 2. The molecule has 0 amide bonds. The smallest absolute Gasteiger partial charge is 0.278 e. The standard InChI is InChI=1S/C13H12F2N6O/c14-11(15)6-21-4-3-8(19-21)13-16-12(20-22-13)10-5-9(17-18-10)7-1-2-7/h3-5,7,11H,1-2,6H2,(H,17,18). The van der Waals surface area contributed by atoms with Crippen LogP contribution < -0.4 is 0 Å². The molecule has 0 aliphatic heterocycles. The van der Waals surface area contributed by atoms with Gasteiger partial charge in [0.2, 0.25) is 5.82 Å². The number of aromatic nitrogens is 6. The maximum absolute atomic E-state index is 12.3. The molecule has 22 heavy (non-hydrogen) atoms. The summed E-state index contributed by atoms with van der Waals surface area (Å²) in [7, 11) is 0. The number of alkyl halides is 2. The van der Waals surface area contributed by atoms with Crippen LogP contribution in [0.2, 0.25) is 0 Å². The molecule has 1 N–H and O–H groups in total. The molecule has 9 heteroatoms. The van der Waals surface area contributed by atoms with E-state index in [1.165, 1.54) is 19.0 Å². The minimum atomic E-state index is -2.46. The van der Waals surface area contributed by atoms with E-state index in [0.29, 0.717) is 23.1 Å². The van der Waals surface area contributed by atoms with Crippen LogP contribution >= 0.6 is 0 Å². The Balaban J connectivity index is 1.56. The highest BCUT2D eigenvalue weighted by Crippen LogP contribution is 2.39. The summed E-state index contributed by atoms with van der Waals surface area (Å²) < 4.78 is 30.9. The molecule has 0 radical (unpaired) electrons. The Morgan fingerprint density at radius 2 is 2.23 bits per heavy atom. The van der Waals surface area contributed by atoms with Gasteiger partial charge in [0.25, 0.3) is 12.3 Å². The zero-order valence-electron chi connectivity index (χ0n) is 11.4. The fourth-order valence-corrected chi connectivity index (χ4v) is 2.21. The number of rotatable bonds is 5. The maximum Gasteiger partial charge on any atom is 0.278 e. The SMILES string of the molecule is FC(F)Cn1ccc(-c2nc(-c3cc(C4CC4)[nH]n3)no2)n1. The Labute approximate surface area is 123 Å². The molecule has 3 heterocycles. The molecule has 1 aliphatic carbocycles. The number of H-pyrrole nitrogens is 1. The number of nitrogens with zero attached hydrogens (tertiary/aromatic N) is 5. The van der Waals surface area contributed by atoms with Crippen molar-refractivity contribution in [3.8, 4) is 23.1 Å². The van der Waals surface area contributed by atoms with Gasteiger partial charge in [-0.05, 0) is 25.0 Å². The lowest BCUT2D eigenvalue weighted by molar-refractivity contribution is 0.122.